The summed E-state index contributed by atoms with van der Waals surface area (Å²) in [6.07, 6.45) is 0.691. The van der Waals surface area contributed by atoms with E-state index in [2.05, 4.69) is 10.6 Å². The van der Waals surface area contributed by atoms with E-state index in [4.69, 9.17) is 28.6 Å². The number of nitro groups is 1. The number of nitrogens with one attached hydrogen (secondary N) is 2. The lowest BCUT2D eigenvalue weighted by Crippen LogP contribution is -2.34. The molecule has 0 fully saturated rings. The molecule has 0 spiro atoms. The van der Waals surface area contributed by atoms with E-state index in [9.17, 15) is 14.9 Å². The second-order valence-corrected chi connectivity index (χ2v) is 7.25. The smallest absolute Gasteiger partial charge is 0.294 e. The molecule has 0 aliphatic rings. The maximum absolute atomic E-state index is 12.7. The van der Waals surface area contributed by atoms with Crippen LogP contribution in [0.2, 0.25) is 5.02 Å². The normalized spacial score (nSPS) is 10.2. The number of hydrogen-bond donors (Lipinski definition) is 2. The number of nitrogens with zero attached hydrogens (tertiary/aromatic N) is 1. The summed E-state index contributed by atoms with van der Waals surface area (Å²) in [5.74, 6) is -0.0827. The van der Waals surface area contributed by atoms with Crippen molar-refractivity contribution in [2.45, 2.75) is 6.42 Å². The fourth-order valence-electron chi connectivity index (χ4n) is 2.79. The molecule has 0 bridgehead atoms. The number of benzene rings is 3. The topological polar surface area (TPSA) is 93.5 Å². The molecule has 0 unspecified atom stereocenters. The molecule has 0 radical (unpaired) electrons. The molecule has 0 atom stereocenters. The molecular weight excluding hydrogens is 438 g/mol. The Morgan fingerprint density at radius 2 is 1.77 bits per heavy atom. The zero-order chi connectivity index (χ0) is 22.2. The molecule has 3 rings (SSSR count). The van der Waals surface area contributed by atoms with Crippen LogP contribution < -0.4 is 15.4 Å². The fraction of sp³-hybridized carbons (Fsp3) is 0.0909. The van der Waals surface area contributed by atoms with Crippen LogP contribution in [0.4, 0.5) is 11.4 Å². The molecule has 158 valence electrons. The first-order chi connectivity index (χ1) is 14.9. The minimum Gasteiger partial charge on any atom is -0.492 e. The van der Waals surface area contributed by atoms with Gasteiger partial charge in [0.25, 0.3) is 11.6 Å². The van der Waals surface area contributed by atoms with E-state index in [0.717, 1.165) is 5.56 Å². The van der Waals surface area contributed by atoms with Crippen molar-refractivity contribution < 1.29 is 14.5 Å². The third kappa shape index (κ3) is 6.24. The summed E-state index contributed by atoms with van der Waals surface area (Å²) in [6, 6.07) is 20.7. The molecule has 0 saturated heterocycles. The van der Waals surface area contributed by atoms with Crippen LogP contribution in [-0.4, -0.2) is 22.5 Å². The Hall–Kier alpha value is -3.49. The monoisotopic (exact) mass is 455 g/mol. The molecule has 0 aliphatic heterocycles. The van der Waals surface area contributed by atoms with Crippen molar-refractivity contribution in [3.05, 3.63) is 99.1 Å². The number of halogens is 1. The lowest BCUT2D eigenvalue weighted by atomic mass is 10.1. The van der Waals surface area contributed by atoms with Gasteiger partial charge in [-0.25, -0.2) is 0 Å². The molecule has 2 N–H and O–H groups in total. The summed E-state index contributed by atoms with van der Waals surface area (Å²) in [4.78, 5) is 23.3. The van der Waals surface area contributed by atoms with E-state index in [-0.39, 0.29) is 21.5 Å². The van der Waals surface area contributed by atoms with Gasteiger partial charge in [0.15, 0.2) is 5.11 Å². The van der Waals surface area contributed by atoms with Gasteiger partial charge in [-0.1, -0.05) is 54.1 Å². The maximum Gasteiger partial charge on any atom is 0.294 e. The van der Waals surface area contributed by atoms with Crippen molar-refractivity contribution in [2.24, 2.45) is 0 Å². The van der Waals surface area contributed by atoms with E-state index in [1.165, 1.54) is 18.2 Å². The number of carbonyl (C=O) groups is 1. The van der Waals surface area contributed by atoms with E-state index in [1.54, 1.807) is 24.3 Å². The standard InChI is InChI=1S/C22H18ClN3O4S/c23-16-10-11-18(19(14-16)26(28)29)24-22(31)25-21(27)17-8-4-5-9-20(17)30-13-12-15-6-2-1-3-7-15/h1-11,14H,12-13H2,(H2,24,25,27,31). The zero-order valence-electron chi connectivity index (χ0n) is 16.2. The molecule has 0 heterocycles. The Bertz CT molecular complexity index is 1110. The number of carbonyl (C=O) groups excluding carboxylic acids is 1. The lowest BCUT2D eigenvalue weighted by molar-refractivity contribution is -0.383. The first kappa shape index (κ1) is 22.2. The van der Waals surface area contributed by atoms with Crippen molar-refractivity contribution in [2.75, 3.05) is 11.9 Å². The molecule has 0 aliphatic carbocycles. The van der Waals surface area contributed by atoms with Crippen LogP contribution in [0.25, 0.3) is 0 Å². The van der Waals surface area contributed by atoms with Gasteiger partial charge in [-0.05, 0) is 42.0 Å². The highest BCUT2D eigenvalue weighted by atomic mass is 35.5. The summed E-state index contributed by atoms with van der Waals surface area (Å²) in [5, 5.41) is 16.5. The Labute approximate surface area is 189 Å². The number of nitro benzene ring substituents is 1. The van der Waals surface area contributed by atoms with Crippen molar-refractivity contribution in [1.82, 2.24) is 5.32 Å². The van der Waals surface area contributed by atoms with Crippen LogP contribution in [0.15, 0.2) is 72.8 Å². The Morgan fingerprint density at radius 1 is 1.06 bits per heavy atom. The Morgan fingerprint density at radius 3 is 2.52 bits per heavy atom. The molecule has 31 heavy (non-hydrogen) atoms. The summed E-state index contributed by atoms with van der Waals surface area (Å²) < 4.78 is 5.80. The summed E-state index contributed by atoms with van der Waals surface area (Å²) in [5.41, 5.74) is 1.28. The number of ether oxygens (including phenoxy) is 1. The van der Waals surface area contributed by atoms with Crippen molar-refractivity contribution in [3.63, 3.8) is 0 Å². The number of hydrogen-bond acceptors (Lipinski definition) is 5. The molecule has 7 nitrogen and oxygen atoms in total. The van der Waals surface area contributed by atoms with Crippen LogP contribution in [-0.2, 0) is 6.42 Å². The van der Waals surface area contributed by atoms with Gasteiger partial charge < -0.3 is 10.1 Å². The zero-order valence-corrected chi connectivity index (χ0v) is 17.8. The van der Waals surface area contributed by atoms with E-state index in [1.807, 2.05) is 30.3 Å². The van der Waals surface area contributed by atoms with Gasteiger partial charge in [0, 0.05) is 17.5 Å². The van der Waals surface area contributed by atoms with E-state index in [0.29, 0.717) is 24.3 Å². The highest BCUT2D eigenvalue weighted by molar-refractivity contribution is 7.80. The second kappa shape index (κ2) is 10.5. The third-order valence-electron chi connectivity index (χ3n) is 4.25. The minimum absolute atomic E-state index is 0.0884. The van der Waals surface area contributed by atoms with Gasteiger partial charge in [0.1, 0.15) is 11.4 Å². The van der Waals surface area contributed by atoms with Gasteiger partial charge in [0.2, 0.25) is 0 Å². The van der Waals surface area contributed by atoms with Crippen molar-refractivity contribution >= 4 is 46.2 Å². The first-order valence-electron chi connectivity index (χ1n) is 9.26. The van der Waals surface area contributed by atoms with E-state index >= 15 is 0 Å². The highest BCUT2D eigenvalue weighted by Crippen LogP contribution is 2.27. The van der Waals surface area contributed by atoms with Gasteiger partial charge in [-0.2, -0.15) is 0 Å². The van der Waals surface area contributed by atoms with Crippen molar-refractivity contribution in [1.29, 1.82) is 0 Å². The average Bonchev–Trinajstić information content (AvgIpc) is 2.76. The largest absolute Gasteiger partial charge is 0.492 e. The number of amides is 1. The van der Waals surface area contributed by atoms with Crippen molar-refractivity contribution in [3.8, 4) is 5.75 Å². The number of para-hydroxylation sites is 1. The summed E-state index contributed by atoms with van der Waals surface area (Å²) in [6.45, 7) is 0.397. The molecule has 3 aromatic carbocycles. The Kier molecular flexibility index (Phi) is 7.53. The SMILES string of the molecule is O=C(NC(=S)Nc1ccc(Cl)cc1[N+](=O)[O-])c1ccccc1OCCc1ccccc1. The minimum atomic E-state index is -0.589. The maximum atomic E-state index is 12.7. The van der Waals surface area contributed by atoms with Crippen LogP contribution in [0.5, 0.6) is 5.75 Å². The number of thiocarbonyl (C=S) groups is 1. The lowest BCUT2D eigenvalue weighted by Gasteiger charge is -2.13. The van der Waals surface area contributed by atoms with Gasteiger partial charge in [-0.15, -0.1) is 0 Å². The van der Waals surface area contributed by atoms with Crippen LogP contribution in [0, 0.1) is 10.1 Å². The molecule has 0 saturated carbocycles. The molecule has 9 heteroatoms. The first-order valence-corrected chi connectivity index (χ1v) is 10.0. The van der Waals surface area contributed by atoms with Gasteiger partial charge in [-0.3, -0.25) is 20.2 Å². The predicted octanol–water partition coefficient (Wildman–Crippen LogP) is 5.00. The quantitative estimate of drug-likeness (QED) is 0.296. The molecular formula is C22H18ClN3O4S. The van der Waals surface area contributed by atoms with Crippen LogP contribution in [0.3, 0.4) is 0 Å². The third-order valence-corrected chi connectivity index (χ3v) is 4.69. The highest BCUT2D eigenvalue weighted by Gasteiger charge is 2.18. The van der Waals surface area contributed by atoms with Crippen LogP contribution in [0.1, 0.15) is 15.9 Å². The van der Waals surface area contributed by atoms with Crippen LogP contribution >= 0.6 is 23.8 Å². The fourth-order valence-corrected chi connectivity index (χ4v) is 3.16. The van der Waals surface area contributed by atoms with Gasteiger partial charge >= 0.3 is 0 Å². The predicted molar refractivity (Wildman–Crippen MR) is 124 cm³/mol. The molecule has 1 amide bonds. The van der Waals surface area contributed by atoms with Gasteiger partial charge in [0.05, 0.1) is 17.1 Å². The summed E-state index contributed by atoms with van der Waals surface area (Å²) in [7, 11) is 0. The number of rotatable bonds is 7. The molecule has 3 aromatic rings. The average molecular weight is 456 g/mol. The number of anilines is 1. The Balaban J connectivity index is 1.64. The second-order valence-electron chi connectivity index (χ2n) is 6.41. The summed E-state index contributed by atoms with van der Waals surface area (Å²) >= 11 is 11.0. The van der Waals surface area contributed by atoms with E-state index < -0.39 is 10.8 Å². The molecule has 0 aromatic heterocycles.